The number of aromatic amines is 3. The molecule has 0 fully saturated rings. The highest BCUT2D eigenvalue weighted by molar-refractivity contribution is 5.98. The van der Waals surface area contributed by atoms with Gasteiger partial charge in [0, 0.05) is 60.1 Å². The van der Waals surface area contributed by atoms with E-state index in [1.807, 2.05) is 18.2 Å². The predicted molar refractivity (Wildman–Crippen MR) is 224 cm³/mol. The van der Waals surface area contributed by atoms with Crippen molar-refractivity contribution < 1.29 is 43.2 Å². The molecule has 4 rings (SSSR count). The van der Waals surface area contributed by atoms with Gasteiger partial charge in [0.05, 0.1) is 32.2 Å². The summed E-state index contributed by atoms with van der Waals surface area (Å²) in [5, 5.41) is 18.3. The zero-order chi connectivity index (χ0) is 46.2. The van der Waals surface area contributed by atoms with Crippen LogP contribution in [-0.4, -0.2) is 127 Å². The average molecular weight is 876 g/mol. The molecule has 6 atom stereocenters. The van der Waals surface area contributed by atoms with Gasteiger partial charge in [-0.2, -0.15) is 0 Å². The van der Waals surface area contributed by atoms with Crippen LogP contribution < -0.4 is 54.4 Å². The zero-order valence-electron chi connectivity index (χ0n) is 34.8. The molecular formula is C39H53N15O9. The Kier molecular flexibility index (Phi) is 17.4. The summed E-state index contributed by atoms with van der Waals surface area (Å²) in [7, 11) is 0. The molecule has 0 spiro atoms. The number of hydrogen-bond acceptors (Lipinski definition) is 12. The number of primary amides is 2. The molecular weight excluding hydrogens is 823 g/mol. The van der Waals surface area contributed by atoms with Crippen molar-refractivity contribution in [2.24, 2.45) is 23.1 Å². The molecule has 24 heteroatoms. The van der Waals surface area contributed by atoms with Crippen LogP contribution in [0, 0.1) is 5.92 Å². The Morgan fingerprint density at radius 2 is 1.21 bits per heavy atom. The first kappa shape index (κ1) is 48.0. The normalized spacial score (nSPS) is 13.9. The second-order valence-corrected chi connectivity index (χ2v) is 14.9. The van der Waals surface area contributed by atoms with E-state index >= 15 is 0 Å². The Balaban J connectivity index is 1.48. The number of benzene rings is 1. The van der Waals surface area contributed by atoms with Gasteiger partial charge in [-0.15, -0.1) is 0 Å². The second kappa shape index (κ2) is 22.8. The maximum absolute atomic E-state index is 14.1. The van der Waals surface area contributed by atoms with Crippen LogP contribution in [0.2, 0.25) is 0 Å². The first-order valence-electron chi connectivity index (χ1n) is 19.8. The van der Waals surface area contributed by atoms with E-state index in [2.05, 4.69) is 62.1 Å². The van der Waals surface area contributed by atoms with Gasteiger partial charge in [0.25, 0.3) is 0 Å². The number of para-hydroxylation sites is 1. The molecule has 3 aromatic heterocycles. The van der Waals surface area contributed by atoms with E-state index in [0.29, 0.717) is 17.0 Å². The molecule has 63 heavy (non-hydrogen) atoms. The third-order valence-corrected chi connectivity index (χ3v) is 9.67. The molecule has 0 saturated heterocycles. The average Bonchev–Trinajstić information content (AvgIpc) is 4.04. The van der Waals surface area contributed by atoms with Crippen LogP contribution in [0.4, 0.5) is 0 Å². The third-order valence-electron chi connectivity index (χ3n) is 9.67. The van der Waals surface area contributed by atoms with Gasteiger partial charge in [-0.3, -0.25) is 43.2 Å². The Bertz CT molecular complexity index is 2240. The molecule has 0 aliphatic rings. The van der Waals surface area contributed by atoms with Crippen LogP contribution in [0.15, 0.2) is 55.5 Å². The van der Waals surface area contributed by atoms with Crippen LogP contribution in [0.5, 0.6) is 0 Å². The molecule has 16 N–H and O–H groups in total. The number of nitrogens with two attached hydrogens (primary N) is 3. The largest absolute Gasteiger partial charge is 0.370 e. The number of hydrogen-bond donors (Lipinski definition) is 13. The predicted octanol–water partition coefficient (Wildman–Crippen LogP) is -4.34. The fourth-order valence-electron chi connectivity index (χ4n) is 6.32. The topological polar surface area (TPSA) is 389 Å². The molecule has 0 bridgehead atoms. The molecule has 0 aliphatic carbocycles. The number of H-pyrrole nitrogens is 3. The van der Waals surface area contributed by atoms with Crippen LogP contribution in [0.1, 0.15) is 44.1 Å². The molecule has 0 saturated carbocycles. The van der Waals surface area contributed by atoms with Crippen LogP contribution in [-0.2, 0) is 62.4 Å². The maximum Gasteiger partial charge on any atom is 0.243 e. The van der Waals surface area contributed by atoms with Crippen LogP contribution >= 0.6 is 0 Å². The van der Waals surface area contributed by atoms with Gasteiger partial charge in [-0.05, 0) is 24.5 Å². The number of rotatable bonds is 24. The van der Waals surface area contributed by atoms with Crippen molar-refractivity contribution in [2.45, 2.75) is 82.7 Å². The molecule has 3 heterocycles. The van der Waals surface area contributed by atoms with Gasteiger partial charge < -0.3 is 69.4 Å². The van der Waals surface area contributed by atoms with Gasteiger partial charge in [-0.25, -0.2) is 9.97 Å². The standard InChI is InChI=1S/C39H53N15O9/c1-19(2)33(39(63)46-16-32(57)50-26(34(42)58)9-22-14-43-17-47-22)54-35(59)20(3)49-36(60)27(8-21-13-45-25-7-5-4-6-24(21)25)52-37(61)28(10-23-15-44-18-48-23)53-38(62)29(11-30(41)55)51-31(56)12-40/h4-7,13-15,17-20,26-29,33,45H,8-12,16,40H2,1-3H3,(H2,41,55)(H2,42,58)(H,43,47)(H,44,48)(H,46,63)(H,49,60)(H,50,57)(H,51,56)(H,52,61)(H,53,62)(H,54,59)/t20-,26+,27-,28+,29+,33+/m0/s1. The monoisotopic (exact) mass is 875 g/mol. The van der Waals surface area contributed by atoms with E-state index in [4.69, 9.17) is 17.2 Å². The minimum atomic E-state index is -1.48. The van der Waals surface area contributed by atoms with E-state index in [-0.39, 0.29) is 19.3 Å². The number of fused-ring (bicyclic) bond motifs is 1. The SMILES string of the molecule is CC(C)[C@@H](NC(=O)[C@H](C)NC(=O)[C@H](Cc1c[nH]c2ccccc12)NC(=O)[C@@H](Cc1cnc[nH]1)NC(=O)[C@@H](CC(N)=O)NC(=O)CN)C(=O)NCC(=O)N[C@H](Cc1cnc[nH]1)C(N)=O. The lowest BCUT2D eigenvalue weighted by Gasteiger charge is -2.27. The molecule has 0 unspecified atom stereocenters. The number of imidazole rings is 2. The van der Waals surface area contributed by atoms with Gasteiger partial charge in [-0.1, -0.05) is 32.0 Å². The van der Waals surface area contributed by atoms with Crippen molar-refractivity contribution in [2.75, 3.05) is 13.1 Å². The van der Waals surface area contributed by atoms with E-state index in [1.165, 1.54) is 32.0 Å². The highest BCUT2D eigenvalue weighted by Gasteiger charge is 2.33. The highest BCUT2D eigenvalue weighted by Crippen LogP contribution is 2.19. The minimum absolute atomic E-state index is 0.0350. The second-order valence-electron chi connectivity index (χ2n) is 14.9. The first-order chi connectivity index (χ1) is 29.9. The lowest BCUT2D eigenvalue weighted by molar-refractivity contribution is -0.135. The Morgan fingerprint density at radius 1 is 0.635 bits per heavy atom. The minimum Gasteiger partial charge on any atom is -0.370 e. The number of amides is 9. The van der Waals surface area contributed by atoms with E-state index < -0.39 is 115 Å². The molecule has 24 nitrogen and oxygen atoms in total. The van der Waals surface area contributed by atoms with Crippen molar-refractivity contribution in [1.82, 2.24) is 62.1 Å². The summed E-state index contributed by atoms with van der Waals surface area (Å²) in [5.74, 6) is -7.84. The van der Waals surface area contributed by atoms with Crippen molar-refractivity contribution in [3.05, 3.63) is 72.5 Å². The van der Waals surface area contributed by atoms with E-state index in [1.54, 1.807) is 26.1 Å². The molecule has 338 valence electrons. The van der Waals surface area contributed by atoms with Crippen LogP contribution in [0.25, 0.3) is 10.9 Å². The summed E-state index contributed by atoms with van der Waals surface area (Å²) in [5.41, 5.74) is 18.4. The number of carbonyl (C=O) groups excluding carboxylic acids is 9. The van der Waals surface area contributed by atoms with Gasteiger partial charge >= 0.3 is 0 Å². The Morgan fingerprint density at radius 3 is 1.78 bits per heavy atom. The van der Waals surface area contributed by atoms with E-state index in [9.17, 15) is 43.2 Å². The lowest BCUT2D eigenvalue weighted by atomic mass is 10.0. The molecule has 9 amide bonds. The summed E-state index contributed by atoms with van der Waals surface area (Å²) >= 11 is 0. The fourth-order valence-corrected chi connectivity index (χ4v) is 6.32. The quantitative estimate of drug-likeness (QED) is 0.0318. The summed E-state index contributed by atoms with van der Waals surface area (Å²) in [6, 6.07) is -0.600. The van der Waals surface area contributed by atoms with Gasteiger partial charge in [0.2, 0.25) is 53.2 Å². The van der Waals surface area contributed by atoms with Crippen LogP contribution in [0.3, 0.4) is 0 Å². The summed E-state index contributed by atoms with van der Waals surface area (Å²) < 4.78 is 0. The molecule has 4 aromatic rings. The number of nitrogens with one attached hydrogen (secondary N) is 10. The van der Waals surface area contributed by atoms with Crippen molar-refractivity contribution in [3.8, 4) is 0 Å². The van der Waals surface area contributed by atoms with Crippen molar-refractivity contribution in [3.63, 3.8) is 0 Å². The molecule has 0 radical (unpaired) electrons. The van der Waals surface area contributed by atoms with Gasteiger partial charge in [0.15, 0.2) is 0 Å². The summed E-state index contributed by atoms with van der Waals surface area (Å²) in [6.07, 6.45) is 6.42. The summed E-state index contributed by atoms with van der Waals surface area (Å²) in [6.45, 7) is 3.60. The Hall–Kier alpha value is -7.63. The molecule has 1 aromatic carbocycles. The third kappa shape index (κ3) is 14.5. The number of carbonyl (C=O) groups is 9. The number of nitrogens with zero attached hydrogens (tertiary/aromatic N) is 2. The van der Waals surface area contributed by atoms with Gasteiger partial charge in [0.1, 0.15) is 36.3 Å². The van der Waals surface area contributed by atoms with Crippen molar-refractivity contribution >= 4 is 64.1 Å². The zero-order valence-corrected chi connectivity index (χ0v) is 34.8. The highest BCUT2D eigenvalue weighted by atomic mass is 16.2. The first-order valence-corrected chi connectivity index (χ1v) is 19.8. The fraction of sp³-hybridized carbons (Fsp3) is 0.410. The van der Waals surface area contributed by atoms with E-state index in [0.717, 1.165) is 10.9 Å². The number of aromatic nitrogens is 5. The molecule has 0 aliphatic heterocycles. The Labute approximate surface area is 360 Å². The lowest BCUT2D eigenvalue weighted by Crippen LogP contribution is -2.60. The maximum atomic E-state index is 14.1. The summed E-state index contributed by atoms with van der Waals surface area (Å²) in [4.78, 5) is 133. The van der Waals surface area contributed by atoms with Crippen molar-refractivity contribution in [1.29, 1.82) is 0 Å². The smallest absolute Gasteiger partial charge is 0.243 e.